The molecule has 4 aromatic carbocycles. The van der Waals surface area contributed by atoms with Gasteiger partial charge in [0.25, 0.3) is 0 Å². The number of benzene rings is 4. The van der Waals surface area contributed by atoms with Gasteiger partial charge >= 0.3 is 0 Å². The molecule has 0 spiro atoms. The lowest BCUT2D eigenvalue weighted by molar-refractivity contribution is 0.414. The van der Waals surface area contributed by atoms with Crippen LogP contribution in [-0.4, -0.2) is 14.2 Å². The zero-order valence-corrected chi connectivity index (χ0v) is 20.9. The van der Waals surface area contributed by atoms with Crippen molar-refractivity contribution in [2.75, 3.05) is 14.2 Å². The number of fused-ring (bicyclic) bond motifs is 2. The molecule has 0 atom stereocenters. The number of ether oxygens (including phenoxy) is 2. The fourth-order valence-electron chi connectivity index (χ4n) is 4.28. The SMILES string of the molecule is COc1ccc(C#Cc2c(-c3oc4ccccc4c3C#Cc3ccc(OC)cc3)oc3ccccc23)cc1. The summed E-state index contributed by atoms with van der Waals surface area (Å²) in [5.74, 6) is 15.9. The topological polar surface area (TPSA) is 44.7 Å². The summed E-state index contributed by atoms with van der Waals surface area (Å²) in [6.07, 6.45) is 0. The van der Waals surface area contributed by atoms with Crippen LogP contribution >= 0.6 is 0 Å². The highest BCUT2D eigenvalue weighted by molar-refractivity contribution is 5.96. The molecule has 0 bridgehead atoms. The maximum atomic E-state index is 6.36. The number of furan rings is 2. The van der Waals surface area contributed by atoms with Crippen LogP contribution in [0.15, 0.2) is 106 Å². The van der Waals surface area contributed by atoms with E-state index < -0.39 is 0 Å². The molecule has 2 heterocycles. The van der Waals surface area contributed by atoms with Crippen molar-refractivity contribution in [3.8, 4) is 46.7 Å². The van der Waals surface area contributed by atoms with Gasteiger partial charge in [0, 0.05) is 21.9 Å². The van der Waals surface area contributed by atoms with E-state index in [0.717, 1.165) is 55.7 Å². The molecule has 182 valence electrons. The van der Waals surface area contributed by atoms with Crippen LogP contribution in [-0.2, 0) is 0 Å². The summed E-state index contributed by atoms with van der Waals surface area (Å²) in [4.78, 5) is 0. The third kappa shape index (κ3) is 4.37. The first-order valence-electron chi connectivity index (χ1n) is 12.1. The Bertz CT molecular complexity index is 1740. The molecule has 0 aliphatic rings. The molecule has 0 unspecified atom stereocenters. The highest BCUT2D eigenvalue weighted by atomic mass is 16.5. The van der Waals surface area contributed by atoms with E-state index in [4.69, 9.17) is 18.3 Å². The molecule has 38 heavy (non-hydrogen) atoms. The van der Waals surface area contributed by atoms with Crippen molar-refractivity contribution in [3.05, 3.63) is 119 Å². The predicted molar refractivity (Wildman–Crippen MR) is 149 cm³/mol. The third-order valence-corrected chi connectivity index (χ3v) is 6.24. The molecule has 0 radical (unpaired) electrons. The van der Waals surface area contributed by atoms with Gasteiger partial charge in [0.05, 0.1) is 25.3 Å². The molecule has 0 fully saturated rings. The van der Waals surface area contributed by atoms with Crippen LogP contribution < -0.4 is 9.47 Å². The maximum absolute atomic E-state index is 6.36. The van der Waals surface area contributed by atoms with Crippen LogP contribution in [0.3, 0.4) is 0 Å². The fraction of sp³-hybridized carbons (Fsp3) is 0.0588. The fourth-order valence-corrected chi connectivity index (χ4v) is 4.28. The molecule has 6 aromatic rings. The minimum atomic E-state index is 0.558. The first-order chi connectivity index (χ1) is 18.7. The second kappa shape index (κ2) is 9.97. The first-order valence-corrected chi connectivity index (χ1v) is 12.1. The van der Waals surface area contributed by atoms with Crippen molar-refractivity contribution in [2.24, 2.45) is 0 Å². The Labute approximate surface area is 220 Å². The number of para-hydroxylation sites is 2. The van der Waals surface area contributed by atoms with E-state index in [-0.39, 0.29) is 0 Å². The van der Waals surface area contributed by atoms with E-state index in [1.165, 1.54) is 0 Å². The molecule has 6 rings (SSSR count). The normalized spacial score (nSPS) is 10.5. The molecule has 0 aliphatic heterocycles. The van der Waals surface area contributed by atoms with Crippen molar-refractivity contribution in [1.29, 1.82) is 0 Å². The summed E-state index contributed by atoms with van der Waals surface area (Å²) in [5.41, 5.74) is 4.70. The summed E-state index contributed by atoms with van der Waals surface area (Å²) in [7, 11) is 3.29. The van der Waals surface area contributed by atoms with Crippen LogP contribution in [0.25, 0.3) is 33.5 Å². The Hall–Kier alpha value is -5.32. The van der Waals surface area contributed by atoms with Gasteiger partial charge in [-0.2, -0.15) is 0 Å². The molecule has 0 saturated carbocycles. The smallest absolute Gasteiger partial charge is 0.187 e. The second-order valence-corrected chi connectivity index (χ2v) is 8.56. The van der Waals surface area contributed by atoms with E-state index >= 15 is 0 Å². The predicted octanol–water partition coefficient (Wildman–Crippen LogP) is 7.66. The summed E-state index contributed by atoms with van der Waals surface area (Å²) < 4.78 is 23.3. The quantitative estimate of drug-likeness (QED) is 0.237. The molecule has 0 amide bonds. The number of hydrogen-bond acceptors (Lipinski definition) is 4. The van der Waals surface area contributed by atoms with Crippen LogP contribution in [0, 0.1) is 23.7 Å². The van der Waals surface area contributed by atoms with Gasteiger partial charge in [-0.25, -0.2) is 0 Å². The molecule has 0 saturated heterocycles. The van der Waals surface area contributed by atoms with Gasteiger partial charge in [0.15, 0.2) is 11.5 Å². The molecule has 0 N–H and O–H groups in total. The second-order valence-electron chi connectivity index (χ2n) is 8.56. The van der Waals surface area contributed by atoms with E-state index in [1.807, 2.05) is 97.1 Å². The summed E-state index contributed by atoms with van der Waals surface area (Å²) in [6, 6.07) is 31.0. The average Bonchev–Trinajstić information content (AvgIpc) is 3.53. The van der Waals surface area contributed by atoms with Crippen LogP contribution in [0.1, 0.15) is 22.3 Å². The van der Waals surface area contributed by atoms with Gasteiger partial charge in [-0.3, -0.25) is 0 Å². The van der Waals surface area contributed by atoms with E-state index in [0.29, 0.717) is 11.5 Å². The minimum Gasteiger partial charge on any atom is -0.497 e. The highest BCUT2D eigenvalue weighted by Gasteiger charge is 2.22. The molecular weight excluding hydrogens is 472 g/mol. The molecule has 2 aromatic heterocycles. The number of rotatable bonds is 3. The Morgan fingerprint density at radius 3 is 1.26 bits per heavy atom. The maximum Gasteiger partial charge on any atom is 0.187 e. The molecular formula is C34H22O4. The van der Waals surface area contributed by atoms with Gasteiger partial charge in [-0.15, -0.1) is 0 Å². The minimum absolute atomic E-state index is 0.558. The molecule has 0 aliphatic carbocycles. The van der Waals surface area contributed by atoms with Gasteiger partial charge in [0.2, 0.25) is 0 Å². The Kier molecular flexibility index (Phi) is 6.06. The summed E-state index contributed by atoms with van der Waals surface area (Å²) in [6.45, 7) is 0. The lowest BCUT2D eigenvalue weighted by Crippen LogP contribution is -1.84. The Morgan fingerprint density at radius 1 is 0.474 bits per heavy atom. The summed E-state index contributed by atoms with van der Waals surface area (Å²) >= 11 is 0. The standard InChI is InChI=1S/C34H22O4/c1-35-25-17-11-23(12-18-25)15-21-29-27-7-3-5-9-31(27)37-33(29)34-30(28-8-4-6-10-32(28)38-34)22-16-24-13-19-26(36-2)20-14-24/h3-14,17-20H,1-2H3. The van der Waals surface area contributed by atoms with Gasteiger partial charge < -0.3 is 18.3 Å². The van der Waals surface area contributed by atoms with Crippen LogP contribution in [0.2, 0.25) is 0 Å². The average molecular weight is 495 g/mol. The molecule has 4 nitrogen and oxygen atoms in total. The van der Waals surface area contributed by atoms with Crippen LogP contribution in [0.4, 0.5) is 0 Å². The lowest BCUT2D eigenvalue weighted by Gasteiger charge is -1.98. The highest BCUT2D eigenvalue weighted by Crippen LogP contribution is 2.39. The summed E-state index contributed by atoms with van der Waals surface area (Å²) in [5, 5.41) is 1.83. The van der Waals surface area contributed by atoms with Gasteiger partial charge in [0.1, 0.15) is 22.7 Å². The zero-order chi connectivity index (χ0) is 25.9. The van der Waals surface area contributed by atoms with Crippen molar-refractivity contribution >= 4 is 21.9 Å². The lowest BCUT2D eigenvalue weighted by atomic mass is 10.0. The third-order valence-electron chi connectivity index (χ3n) is 6.24. The van der Waals surface area contributed by atoms with Gasteiger partial charge in [-0.1, -0.05) is 47.9 Å². The van der Waals surface area contributed by atoms with Gasteiger partial charge in [-0.05, 0) is 72.8 Å². The first kappa shape index (κ1) is 23.1. The monoisotopic (exact) mass is 494 g/mol. The van der Waals surface area contributed by atoms with E-state index in [9.17, 15) is 0 Å². The zero-order valence-electron chi connectivity index (χ0n) is 20.9. The largest absolute Gasteiger partial charge is 0.497 e. The van der Waals surface area contributed by atoms with Crippen molar-refractivity contribution in [2.45, 2.75) is 0 Å². The van der Waals surface area contributed by atoms with E-state index in [2.05, 4.69) is 23.7 Å². The van der Waals surface area contributed by atoms with Crippen molar-refractivity contribution in [3.63, 3.8) is 0 Å². The van der Waals surface area contributed by atoms with Crippen molar-refractivity contribution < 1.29 is 18.3 Å². The molecule has 4 heteroatoms. The van der Waals surface area contributed by atoms with Crippen LogP contribution in [0.5, 0.6) is 11.5 Å². The number of hydrogen-bond donors (Lipinski definition) is 0. The van der Waals surface area contributed by atoms with E-state index in [1.54, 1.807) is 14.2 Å². The Morgan fingerprint density at radius 2 is 0.868 bits per heavy atom. The Balaban J connectivity index is 1.53. The van der Waals surface area contributed by atoms with Crippen molar-refractivity contribution in [1.82, 2.24) is 0 Å². The number of methoxy groups -OCH3 is 2.